The number of nitrogens with zero attached hydrogens (tertiary/aromatic N) is 2. The molecular formula is C21H20N4O4S. The Morgan fingerprint density at radius 1 is 1.10 bits per heavy atom. The van der Waals surface area contributed by atoms with Crippen molar-refractivity contribution in [1.82, 2.24) is 15.6 Å². The zero-order valence-corrected chi connectivity index (χ0v) is 17.0. The first-order valence-electron chi connectivity index (χ1n) is 9.13. The average Bonchev–Trinajstić information content (AvgIpc) is 3.43. The second-order valence-electron chi connectivity index (χ2n) is 6.10. The van der Waals surface area contributed by atoms with E-state index in [1.807, 2.05) is 30.3 Å². The van der Waals surface area contributed by atoms with Crippen LogP contribution in [0.5, 0.6) is 0 Å². The Kier molecular flexibility index (Phi) is 7.12. The first-order valence-corrected chi connectivity index (χ1v) is 10.0. The molecule has 3 amide bonds. The molecular weight excluding hydrogens is 404 g/mol. The number of benzene rings is 1. The molecule has 3 aromatic rings. The van der Waals surface area contributed by atoms with Crippen molar-refractivity contribution >= 4 is 46.0 Å². The van der Waals surface area contributed by atoms with Crippen molar-refractivity contribution in [2.24, 2.45) is 0 Å². The van der Waals surface area contributed by atoms with Crippen LogP contribution in [0.25, 0.3) is 6.08 Å². The van der Waals surface area contributed by atoms with Gasteiger partial charge in [0.15, 0.2) is 10.9 Å². The zero-order valence-electron chi connectivity index (χ0n) is 16.2. The van der Waals surface area contributed by atoms with E-state index in [0.717, 1.165) is 5.69 Å². The molecule has 0 atom stereocenters. The Morgan fingerprint density at radius 2 is 1.87 bits per heavy atom. The van der Waals surface area contributed by atoms with E-state index in [4.69, 9.17) is 4.42 Å². The maximum atomic E-state index is 12.1. The van der Waals surface area contributed by atoms with Gasteiger partial charge in [-0.2, -0.15) is 0 Å². The summed E-state index contributed by atoms with van der Waals surface area (Å²) in [6.07, 6.45) is 4.34. The molecule has 3 rings (SSSR count). The van der Waals surface area contributed by atoms with Crippen LogP contribution in [0.1, 0.15) is 23.2 Å². The van der Waals surface area contributed by atoms with E-state index < -0.39 is 0 Å². The van der Waals surface area contributed by atoms with Crippen molar-refractivity contribution in [2.45, 2.75) is 6.92 Å². The van der Waals surface area contributed by atoms with E-state index in [2.05, 4.69) is 15.6 Å². The van der Waals surface area contributed by atoms with Crippen LogP contribution < -0.4 is 15.5 Å². The molecule has 0 saturated heterocycles. The van der Waals surface area contributed by atoms with E-state index in [9.17, 15) is 14.4 Å². The Bertz CT molecular complexity index is 1030. The monoisotopic (exact) mass is 424 g/mol. The lowest BCUT2D eigenvalue weighted by Crippen LogP contribution is -2.33. The summed E-state index contributed by atoms with van der Waals surface area (Å²) in [7, 11) is 0. The fourth-order valence-electron chi connectivity index (χ4n) is 2.54. The molecule has 8 nitrogen and oxygen atoms in total. The fourth-order valence-corrected chi connectivity index (χ4v) is 3.39. The van der Waals surface area contributed by atoms with E-state index in [-0.39, 0.29) is 36.6 Å². The summed E-state index contributed by atoms with van der Waals surface area (Å²) in [6.45, 7) is 2.01. The summed E-state index contributed by atoms with van der Waals surface area (Å²) in [4.78, 5) is 41.6. The first-order chi connectivity index (χ1) is 14.5. The number of rotatable bonds is 8. The molecule has 2 N–H and O–H groups in total. The Balaban J connectivity index is 1.50. The van der Waals surface area contributed by atoms with Crippen LogP contribution >= 0.6 is 11.3 Å². The van der Waals surface area contributed by atoms with Crippen LogP contribution in [0, 0.1) is 0 Å². The Morgan fingerprint density at radius 3 is 2.57 bits per heavy atom. The number of carbonyl (C=O) groups is 3. The molecule has 154 valence electrons. The second-order valence-corrected chi connectivity index (χ2v) is 6.94. The lowest BCUT2D eigenvalue weighted by molar-refractivity contribution is -0.117. The van der Waals surface area contributed by atoms with Crippen molar-refractivity contribution in [3.8, 4) is 0 Å². The lowest BCUT2D eigenvalue weighted by atomic mass is 10.3. The van der Waals surface area contributed by atoms with Crippen molar-refractivity contribution in [3.05, 3.63) is 71.6 Å². The van der Waals surface area contributed by atoms with Gasteiger partial charge in [0.25, 0.3) is 5.91 Å². The highest BCUT2D eigenvalue weighted by molar-refractivity contribution is 7.14. The molecule has 0 saturated carbocycles. The summed E-state index contributed by atoms with van der Waals surface area (Å²) in [5, 5.41) is 7.59. The number of nitrogens with one attached hydrogen (secondary N) is 2. The highest BCUT2D eigenvalue weighted by atomic mass is 32.1. The van der Waals surface area contributed by atoms with Crippen LogP contribution in [0.2, 0.25) is 0 Å². The van der Waals surface area contributed by atoms with Crippen LogP contribution in [0.15, 0.2) is 64.6 Å². The molecule has 0 radical (unpaired) electrons. The predicted octanol–water partition coefficient (Wildman–Crippen LogP) is 2.98. The summed E-state index contributed by atoms with van der Waals surface area (Å²) in [5.74, 6) is -0.590. The van der Waals surface area contributed by atoms with Gasteiger partial charge in [-0.3, -0.25) is 19.3 Å². The molecule has 0 spiro atoms. The van der Waals surface area contributed by atoms with Gasteiger partial charge in [-0.05, 0) is 30.3 Å². The van der Waals surface area contributed by atoms with Gasteiger partial charge < -0.3 is 15.1 Å². The predicted molar refractivity (Wildman–Crippen MR) is 114 cm³/mol. The van der Waals surface area contributed by atoms with Crippen LogP contribution in [-0.4, -0.2) is 35.8 Å². The quantitative estimate of drug-likeness (QED) is 0.427. The topological polar surface area (TPSA) is 105 Å². The molecule has 9 heteroatoms. The summed E-state index contributed by atoms with van der Waals surface area (Å²) >= 11 is 1.31. The van der Waals surface area contributed by atoms with Gasteiger partial charge in [0.2, 0.25) is 11.8 Å². The third-order valence-corrected chi connectivity index (χ3v) is 4.73. The number of anilines is 2. The number of furan rings is 1. The molecule has 2 aromatic heterocycles. The van der Waals surface area contributed by atoms with E-state index >= 15 is 0 Å². The molecule has 0 unspecified atom stereocenters. The number of hydrogen-bond acceptors (Lipinski definition) is 6. The highest BCUT2D eigenvalue weighted by Gasteiger charge is 2.17. The number of carbonyl (C=O) groups excluding carboxylic acids is 3. The van der Waals surface area contributed by atoms with E-state index in [1.165, 1.54) is 35.5 Å². The van der Waals surface area contributed by atoms with E-state index in [0.29, 0.717) is 10.8 Å². The standard InChI is InChI=1S/C21H20N4O4S/c1-15(26)25(17-6-3-2-4-7-17)21-24-16(14-30-21)9-10-19(27)22-11-12-23-20(28)18-8-5-13-29-18/h2-10,13-14H,11-12H2,1H3,(H,22,27)(H,23,28)/b10-9+. The normalized spacial score (nSPS) is 10.7. The maximum Gasteiger partial charge on any atom is 0.287 e. The van der Waals surface area contributed by atoms with Gasteiger partial charge in [0.05, 0.1) is 17.6 Å². The first kappa shape index (κ1) is 21.0. The van der Waals surface area contributed by atoms with Gasteiger partial charge in [0, 0.05) is 31.5 Å². The lowest BCUT2D eigenvalue weighted by Gasteiger charge is -2.17. The molecule has 30 heavy (non-hydrogen) atoms. The minimum atomic E-state index is -0.340. The van der Waals surface area contributed by atoms with Crippen LogP contribution in [0.3, 0.4) is 0 Å². The molecule has 1 aromatic carbocycles. The Hall–Kier alpha value is -3.72. The summed E-state index contributed by atoms with van der Waals surface area (Å²) < 4.78 is 4.98. The number of amides is 3. The maximum absolute atomic E-state index is 12.1. The molecule has 0 aliphatic carbocycles. The van der Waals surface area contributed by atoms with Gasteiger partial charge in [0.1, 0.15) is 0 Å². The molecule has 0 aliphatic heterocycles. The fraction of sp³-hybridized carbons (Fsp3) is 0.143. The number of aromatic nitrogens is 1. The largest absolute Gasteiger partial charge is 0.459 e. The smallest absolute Gasteiger partial charge is 0.287 e. The van der Waals surface area contributed by atoms with Crippen molar-refractivity contribution < 1.29 is 18.8 Å². The summed E-state index contributed by atoms with van der Waals surface area (Å²) in [5.41, 5.74) is 1.29. The second kappa shape index (κ2) is 10.2. The van der Waals surface area contributed by atoms with Crippen molar-refractivity contribution in [1.29, 1.82) is 0 Å². The van der Waals surface area contributed by atoms with Gasteiger partial charge >= 0.3 is 0 Å². The SMILES string of the molecule is CC(=O)N(c1ccccc1)c1nc(/C=C/C(=O)NCCNC(=O)c2ccco2)cs1. The minimum absolute atomic E-state index is 0.152. The van der Waals surface area contributed by atoms with Gasteiger partial charge in [-0.15, -0.1) is 11.3 Å². The van der Waals surface area contributed by atoms with E-state index in [1.54, 1.807) is 23.6 Å². The molecule has 0 aliphatic rings. The number of para-hydroxylation sites is 1. The minimum Gasteiger partial charge on any atom is -0.459 e. The van der Waals surface area contributed by atoms with Gasteiger partial charge in [-0.25, -0.2) is 4.98 Å². The van der Waals surface area contributed by atoms with Gasteiger partial charge in [-0.1, -0.05) is 18.2 Å². The zero-order chi connectivity index (χ0) is 21.3. The highest BCUT2D eigenvalue weighted by Crippen LogP contribution is 2.28. The van der Waals surface area contributed by atoms with Crippen molar-refractivity contribution in [3.63, 3.8) is 0 Å². The van der Waals surface area contributed by atoms with Crippen LogP contribution in [-0.2, 0) is 9.59 Å². The summed E-state index contributed by atoms with van der Waals surface area (Å²) in [6, 6.07) is 12.4. The molecule has 0 fully saturated rings. The third kappa shape index (κ3) is 5.65. The van der Waals surface area contributed by atoms with Crippen molar-refractivity contribution in [2.75, 3.05) is 18.0 Å². The molecule has 0 bridgehead atoms. The third-order valence-electron chi connectivity index (χ3n) is 3.89. The average molecular weight is 424 g/mol. The van der Waals surface area contributed by atoms with Crippen LogP contribution in [0.4, 0.5) is 10.8 Å². The molecule has 2 heterocycles. The number of hydrogen-bond donors (Lipinski definition) is 2. The Labute approximate surface area is 177 Å². The number of thiazole rings is 1.